The smallest absolute Gasteiger partial charge is 0.254 e. The third-order valence-electron chi connectivity index (χ3n) is 3.05. The van der Waals surface area contributed by atoms with Crippen molar-refractivity contribution in [1.29, 1.82) is 0 Å². The Bertz CT molecular complexity index is 433. The highest BCUT2D eigenvalue weighted by atomic mass is 19.1. The monoisotopic (exact) mass is 237 g/mol. The fourth-order valence-corrected chi connectivity index (χ4v) is 2.05. The highest BCUT2D eigenvalue weighted by Gasteiger charge is 2.25. The highest BCUT2D eigenvalue weighted by Crippen LogP contribution is 2.16. The van der Waals surface area contributed by atoms with Crippen LogP contribution in [0, 0.1) is 12.7 Å². The molecule has 0 aromatic heterocycles. The molecule has 1 aliphatic heterocycles. The number of morpholine rings is 1. The fraction of sp³-hybridized carbons (Fsp3) is 0.462. The summed E-state index contributed by atoms with van der Waals surface area (Å²) in [5, 5.41) is 0. The Labute approximate surface area is 100 Å². The molecule has 2 rings (SSSR count). The van der Waals surface area contributed by atoms with Crippen LogP contribution < -0.4 is 0 Å². The summed E-state index contributed by atoms with van der Waals surface area (Å²) in [4.78, 5) is 14.1. The lowest BCUT2D eigenvalue weighted by atomic mass is 10.1. The van der Waals surface area contributed by atoms with E-state index in [0.29, 0.717) is 30.9 Å². The molecule has 0 unspecified atom stereocenters. The third kappa shape index (κ3) is 2.47. The van der Waals surface area contributed by atoms with Gasteiger partial charge < -0.3 is 9.64 Å². The Morgan fingerprint density at radius 2 is 2.29 bits per heavy atom. The normalized spacial score (nSPS) is 20.4. The van der Waals surface area contributed by atoms with Gasteiger partial charge in [0.15, 0.2) is 0 Å². The molecule has 1 amide bonds. The molecule has 0 N–H and O–H groups in total. The quantitative estimate of drug-likeness (QED) is 0.747. The number of halogens is 1. The Morgan fingerprint density at radius 1 is 1.53 bits per heavy atom. The van der Waals surface area contributed by atoms with Crippen LogP contribution in [0.5, 0.6) is 0 Å². The lowest BCUT2D eigenvalue weighted by Crippen LogP contribution is -2.47. The number of aryl methyl sites for hydroxylation is 1. The van der Waals surface area contributed by atoms with Gasteiger partial charge in [-0.1, -0.05) is 0 Å². The summed E-state index contributed by atoms with van der Waals surface area (Å²) in [7, 11) is 0. The second-order valence-electron chi connectivity index (χ2n) is 4.38. The van der Waals surface area contributed by atoms with E-state index in [4.69, 9.17) is 4.74 Å². The molecule has 0 bridgehead atoms. The van der Waals surface area contributed by atoms with E-state index >= 15 is 0 Å². The Hall–Kier alpha value is -1.42. The third-order valence-corrected chi connectivity index (χ3v) is 3.05. The van der Waals surface area contributed by atoms with Gasteiger partial charge in [0.2, 0.25) is 0 Å². The molecule has 4 heteroatoms. The molecule has 17 heavy (non-hydrogen) atoms. The maximum Gasteiger partial charge on any atom is 0.254 e. The van der Waals surface area contributed by atoms with Gasteiger partial charge in [-0.15, -0.1) is 0 Å². The van der Waals surface area contributed by atoms with Gasteiger partial charge in [0.25, 0.3) is 5.91 Å². The Kier molecular flexibility index (Phi) is 3.43. The summed E-state index contributed by atoms with van der Waals surface area (Å²) in [5.41, 5.74) is 1.24. The molecule has 1 heterocycles. The van der Waals surface area contributed by atoms with Crippen LogP contribution in [0.3, 0.4) is 0 Å². The van der Waals surface area contributed by atoms with Gasteiger partial charge in [0.05, 0.1) is 19.3 Å². The maximum absolute atomic E-state index is 13.0. The summed E-state index contributed by atoms with van der Waals surface area (Å²) in [6.45, 7) is 5.43. The summed E-state index contributed by atoms with van der Waals surface area (Å²) in [5.74, 6) is -0.354. The van der Waals surface area contributed by atoms with Gasteiger partial charge >= 0.3 is 0 Å². The van der Waals surface area contributed by atoms with Crippen molar-refractivity contribution in [3.8, 4) is 0 Å². The summed E-state index contributed by atoms with van der Waals surface area (Å²) >= 11 is 0. The first-order valence-corrected chi connectivity index (χ1v) is 5.74. The van der Waals surface area contributed by atoms with Crippen molar-refractivity contribution in [1.82, 2.24) is 4.90 Å². The van der Waals surface area contributed by atoms with Crippen molar-refractivity contribution >= 4 is 5.91 Å². The first-order valence-electron chi connectivity index (χ1n) is 5.74. The predicted octanol–water partition coefficient (Wildman–Crippen LogP) is 2.00. The molecule has 0 saturated carbocycles. The molecule has 0 aliphatic carbocycles. The van der Waals surface area contributed by atoms with Gasteiger partial charge in [-0.3, -0.25) is 4.79 Å². The zero-order valence-corrected chi connectivity index (χ0v) is 10.1. The number of hydrogen-bond acceptors (Lipinski definition) is 2. The molecular weight excluding hydrogens is 221 g/mol. The van der Waals surface area contributed by atoms with Crippen LogP contribution in [0.1, 0.15) is 22.8 Å². The fourth-order valence-electron chi connectivity index (χ4n) is 2.05. The second-order valence-corrected chi connectivity index (χ2v) is 4.38. The van der Waals surface area contributed by atoms with Crippen LogP contribution in [0.25, 0.3) is 0 Å². The van der Waals surface area contributed by atoms with E-state index in [9.17, 15) is 9.18 Å². The number of carbonyl (C=O) groups is 1. The van der Waals surface area contributed by atoms with Crippen molar-refractivity contribution in [3.63, 3.8) is 0 Å². The molecule has 1 aliphatic rings. The average molecular weight is 237 g/mol. The number of ether oxygens (including phenoxy) is 1. The topological polar surface area (TPSA) is 29.5 Å². The molecule has 1 aromatic rings. The van der Waals surface area contributed by atoms with Crippen molar-refractivity contribution in [2.45, 2.75) is 19.9 Å². The van der Waals surface area contributed by atoms with Crippen LogP contribution in [-0.2, 0) is 4.74 Å². The Morgan fingerprint density at radius 3 is 2.94 bits per heavy atom. The molecule has 92 valence electrons. The van der Waals surface area contributed by atoms with Crippen LogP contribution in [-0.4, -0.2) is 36.6 Å². The minimum absolute atomic E-state index is 0.0432. The van der Waals surface area contributed by atoms with E-state index in [1.807, 2.05) is 6.92 Å². The number of benzene rings is 1. The standard InChI is InChI=1S/C13H16FNO2/c1-9-7-11(14)3-4-12(9)13(16)15-5-6-17-8-10(15)2/h3-4,7,10H,5-6,8H2,1-2H3/t10-/m1/s1. The van der Waals surface area contributed by atoms with Gasteiger partial charge in [-0.05, 0) is 37.6 Å². The first-order chi connectivity index (χ1) is 8.09. The molecular formula is C13H16FNO2. The lowest BCUT2D eigenvalue weighted by molar-refractivity contribution is 0.00355. The molecule has 1 saturated heterocycles. The van der Waals surface area contributed by atoms with E-state index in [2.05, 4.69) is 0 Å². The molecule has 3 nitrogen and oxygen atoms in total. The molecule has 1 fully saturated rings. The number of nitrogens with zero attached hydrogens (tertiary/aromatic N) is 1. The summed E-state index contributed by atoms with van der Waals surface area (Å²) in [6, 6.07) is 4.33. The van der Waals surface area contributed by atoms with E-state index in [1.54, 1.807) is 17.9 Å². The number of amides is 1. The molecule has 0 spiro atoms. The minimum atomic E-state index is -0.311. The van der Waals surface area contributed by atoms with Crippen LogP contribution >= 0.6 is 0 Å². The van der Waals surface area contributed by atoms with E-state index in [-0.39, 0.29) is 17.8 Å². The largest absolute Gasteiger partial charge is 0.377 e. The van der Waals surface area contributed by atoms with E-state index in [0.717, 1.165) is 0 Å². The molecule has 1 atom stereocenters. The van der Waals surface area contributed by atoms with Gasteiger partial charge in [0.1, 0.15) is 5.82 Å². The van der Waals surface area contributed by atoms with E-state index in [1.165, 1.54) is 12.1 Å². The number of carbonyl (C=O) groups excluding carboxylic acids is 1. The van der Waals surface area contributed by atoms with Crippen molar-refractivity contribution in [3.05, 3.63) is 35.1 Å². The zero-order chi connectivity index (χ0) is 12.4. The SMILES string of the molecule is Cc1cc(F)ccc1C(=O)N1CCOC[C@H]1C. The molecule has 0 radical (unpaired) electrons. The highest BCUT2D eigenvalue weighted by molar-refractivity contribution is 5.95. The predicted molar refractivity (Wildman–Crippen MR) is 62.5 cm³/mol. The second kappa shape index (κ2) is 4.84. The van der Waals surface area contributed by atoms with Gasteiger partial charge in [-0.25, -0.2) is 4.39 Å². The Balaban J connectivity index is 2.24. The summed E-state index contributed by atoms with van der Waals surface area (Å²) < 4.78 is 18.3. The van der Waals surface area contributed by atoms with Crippen LogP contribution in [0.4, 0.5) is 4.39 Å². The van der Waals surface area contributed by atoms with Crippen molar-refractivity contribution in [2.24, 2.45) is 0 Å². The van der Waals surface area contributed by atoms with Crippen LogP contribution in [0.2, 0.25) is 0 Å². The van der Waals surface area contributed by atoms with E-state index < -0.39 is 0 Å². The summed E-state index contributed by atoms with van der Waals surface area (Å²) in [6.07, 6.45) is 0. The lowest BCUT2D eigenvalue weighted by Gasteiger charge is -2.33. The number of hydrogen-bond donors (Lipinski definition) is 0. The zero-order valence-electron chi connectivity index (χ0n) is 10.1. The van der Waals surface area contributed by atoms with Gasteiger partial charge in [0, 0.05) is 12.1 Å². The first kappa shape index (κ1) is 12.0. The van der Waals surface area contributed by atoms with Crippen molar-refractivity contribution in [2.75, 3.05) is 19.8 Å². The van der Waals surface area contributed by atoms with Crippen molar-refractivity contribution < 1.29 is 13.9 Å². The number of rotatable bonds is 1. The van der Waals surface area contributed by atoms with Crippen LogP contribution in [0.15, 0.2) is 18.2 Å². The maximum atomic E-state index is 13.0. The average Bonchev–Trinajstić information content (AvgIpc) is 2.29. The molecule has 1 aromatic carbocycles. The van der Waals surface area contributed by atoms with Gasteiger partial charge in [-0.2, -0.15) is 0 Å². The minimum Gasteiger partial charge on any atom is -0.377 e.